The predicted octanol–water partition coefficient (Wildman–Crippen LogP) is 0.304. The van der Waals surface area contributed by atoms with Crippen molar-refractivity contribution in [2.45, 2.75) is 25.8 Å². The highest BCUT2D eigenvalue weighted by molar-refractivity contribution is 5.79. The molecule has 0 unspecified atom stereocenters. The van der Waals surface area contributed by atoms with E-state index in [2.05, 4.69) is 15.1 Å². The van der Waals surface area contributed by atoms with Gasteiger partial charge in [0, 0.05) is 18.9 Å². The second-order valence-electron chi connectivity index (χ2n) is 5.48. The zero-order chi connectivity index (χ0) is 14.2. The van der Waals surface area contributed by atoms with E-state index in [1.807, 2.05) is 18.7 Å². The molecule has 1 amide bonds. The van der Waals surface area contributed by atoms with Crippen molar-refractivity contribution in [3.8, 4) is 0 Å². The van der Waals surface area contributed by atoms with Crippen LogP contribution in [-0.2, 0) is 16.0 Å². The molecule has 3 rings (SSSR count). The summed E-state index contributed by atoms with van der Waals surface area (Å²) in [6, 6.07) is 1.78. The molecule has 20 heavy (non-hydrogen) atoms. The van der Waals surface area contributed by atoms with Gasteiger partial charge in [-0.25, -0.2) is 9.50 Å². The monoisotopic (exact) mass is 275 g/mol. The second-order valence-corrected chi connectivity index (χ2v) is 5.48. The SMILES string of the molecule is CC1(C)COCCN1C(=O)Cc1nc2ncccn2n1. The lowest BCUT2D eigenvalue weighted by Crippen LogP contribution is -2.56. The molecule has 0 bridgehead atoms. The van der Waals surface area contributed by atoms with Crippen molar-refractivity contribution in [2.24, 2.45) is 0 Å². The Bertz CT molecular complexity index is 603. The molecule has 0 aromatic carbocycles. The van der Waals surface area contributed by atoms with Crippen molar-refractivity contribution in [1.29, 1.82) is 0 Å². The molecule has 0 radical (unpaired) electrons. The average molecular weight is 275 g/mol. The van der Waals surface area contributed by atoms with Crippen LogP contribution in [0.4, 0.5) is 0 Å². The van der Waals surface area contributed by atoms with Crippen molar-refractivity contribution in [3.63, 3.8) is 0 Å². The largest absolute Gasteiger partial charge is 0.377 e. The standard InChI is InChI=1S/C13H17N5O2/c1-13(2)9-20-7-6-17(13)11(19)8-10-15-12-14-4-3-5-18(12)16-10/h3-5H,6-9H2,1-2H3. The summed E-state index contributed by atoms with van der Waals surface area (Å²) in [5, 5.41) is 4.26. The molecular formula is C13H17N5O2. The number of rotatable bonds is 2. The first kappa shape index (κ1) is 13.0. The van der Waals surface area contributed by atoms with Crippen molar-refractivity contribution in [2.75, 3.05) is 19.8 Å². The third kappa shape index (κ3) is 2.36. The Balaban J connectivity index is 1.78. The van der Waals surface area contributed by atoms with Crippen LogP contribution in [0, 0.1) is 0 Å². The van der Waals surface area contributed by atoms with Gasteiger partial charge in [0.15, 0.2) is 5.82 Å². The number of hydrogen-bond donors (Lipinski definition) is 0. The Kier molecular flexibility index (Phi) is 3.13. The van der Waals surface area contributed by atoms with Gasteiger partial charge in [0.1, 0.15) is 0 Å². The molecule has 7 nitrogen and oxygen atoms in total. The molecular weight excluding hydrogens is 258 g/mol. The highest BCUT2D eigenvalue weighted by Crippen LogP contribution is 2.19. The minimum atomic E-state index is -0.285. The van der Waals surface area contributed by atoms with E-state index in [4.69, 9.17) is 4.74 Å². The number of carbonyl (C=O) groups is 1. The Labute approximate surface area is 116 Å². The van der Waals surface area contributed by atoms with Crippen LogP contribution in [-0.4, -0.2) is 55.7 Å². The summed E-state index contributed by atoms with van der Waals surface area (Å²) in [5.41, 5.74) is -0.285. The number of nitrogens with zero attached hydrogens (tertiary/aromatic N) is 5. The highest BCUT2D eigenvalue weighted by atomic mass is 16.5. The van der Waals surface area contributed by atoms with E-state index in [0.717, 1.165) is 0 Å². The molecule has 3 heterocycles. The molecule has 1 aliphatic rings. The number of carbonyl (C=O) groups excluding carboxylic acids is 1. The van der Waals surface area contributed by atoms with E-state index in [-0.39, 0.29) is 17.9 Å². The third-order valence-electron chi connectivity index (χ3n) is 3.42. The lowest BCUT2D eigenvalue weighted by atomic mass is 10.0. The highest BCUT2D eigenvalue weighted by Gasteiger charge is 2.34. The van der Waals surface area contributed by atoms with Crippen molar-refractivity contribution in [1.82, 2.24) is 24.5 Å². The lowest BCUT2D eigenvalue weighted by Gasteiger charge is -2.42. The van der Waals surface area contributed by atoms with Crippen LogP contribution in [0.1, 0.15) is 19.7 Å². The van der Waals surface area contributed by atoms with Gasteiger partial charge in [0.25, 0.3) is 5.78 Å². The molecule has 1 fully saturated rings. The zero-order valence-electron chi connectivity index (χ0n) is 11.6. The minimum Gasteiger partial charge on any atom is -0.377 e. The van der Waals surface area contributed by atoms with E-state index in [1.54, 1.807) is 23.0 Å². The van der Waals surface area contributed by atoms with Gasteiger partial charge >= 0.3 is 0 Å². The Hall–Kier alpha value is -2.02. The Morgan fingerprint density at radius 2 is 2.35 bits per heavy atom. The maximum Gasteiger partial charge on any atom is 0.252 e. The predicted molar refractivity (Wildman–Crippen MR) is 71.1 cm³/mol. The van der Waals surface area contributed by atoms with Crippen LogP contribution in [0.3, 0.4) is 0 Å². The third-order valence-corrected chi connectivity index (χ3v) is 3.42. The summed E-state index contributed by atoms with van der Waals surface area (Å²) in [6.45, 7) is 5.75. The molecule has 0 spiro atoms. The van der Waals surface area contributed by atoms with Gasteiger partial charge in [-0.1, -0.05) is 0 Å². The van der Waals surface area contributed by atoms with Gasteiger partial charge < -0.3 is 9.64 Å². The van der Waals surface area contributed by atoms with E-state index >= 15 is 0 Å². The van der Waals surface area contributed by atoms with Crippen LogP contribution in [0.25, 0.3) is 5.78 Å². The minimum absolute atomic E-state index is 0.0224. The quantitative estimate of drug-likeness (QED) is 0.788. The molecule has 1 saturated heterocycles. The summed E-state index contributed by atoms with van der Waals surface area (Å²) < 4.78 is 7.00. The topological polar surface area (TPSA) is 72.6 Å². The van der Waals surface area contributed by atoms with Crippen LogP contribution in [0.5, 0.6) is 0 Å². The van der Waals surface area contributed by atoms with Crippen molar-refractivity contribution in [3.05, 3.63) is 24.3 Å². The fraction of sp³-hybridized carbons (Fsp3) is 0.538. The summed E-state index contributed by atoms with van der Waals surface area (Å²) in [7, 11) is 0. The van der Waals surface area contributed by atoms with Crippen molar-refractivity contribution < 1.29 is 9.53 Å². The molecule has 0 saturated carbocycles. The summed E-state index contributed by atoms with van der Waals surface area (Å²) in [5.74, 6) is 1.03. The summed E-state index contributed by atoms with van der Waals surface area (Å²) in [6.07, 6.45) is 3.61. The molecule has 106 valence electrons. The van der Waals surface area contributed by atoms with Gasteiger partial charge in [-0.3, -0.25) is 4.79 Å². The van der Waals surface area contributed by atoms with Gasteiger partial charge in [0.2, 0.25) is 5.91 Å². The van der Waals surface area contributed by atoms with E-state index in [1.165, 1.54) is 0 Å². The number of ether oxygens (including phenoxy) is 1. The van der Waals surface area contributed by atoms with E-state index < -0.39 is 0 Å². The number of amides is 1. The molecule has 2 aromatic heterocycles. The smallest absolute Gasteiger partial charge is 0.252 e. The Morgan fingerprint density at radius 3 is 3.10 bits per heavy atom. The first-order valence-corrected chi connectivity index (χ1v) is 6.61. The van der Waals surface area contributed by atoms with Crippen LogP contribution in [0.2, 0.25) is 0 Å². The fourth-order valence-electron chi connectivity index (χ4n) is 2.40. The number of morpholine rings is 1. The van der Waals surface area contributed by atoms with Crippen molar-refractivity contribution >= 4 is 11.7 Å². The maximum atomic E-state index is 12.4. The molecule has 2 aromatic rings. The summed E-state index contributed by atoms with van der Waals surface area (Å²) >= 11 is 0. The molecule has 1 aliphatic heterocycles. The maximum absolute atomic E-state index is 12.4. The first-order chi connectivity index (χ1) is 9.56. The van der Waals surface area contributed by atoms with Gasteiger partial charge in [0.05, 0.1) is 25.2 Å². The van der Waals surface area contributed by atoms with Crippen LogP contribution < -0.4 is 0 Å². The molecule has 7 heteroatoms. The van der Waals surface area contributed by atoms with E-state index in [9.17, 15) is 4.79 Å². The van der Waals surface area contributed by atoms with Gasteiger partial charge in [-0.15, -0.1) is 5.10 Å². The van der Waals surface area contributed by atoms with E-state index in [0.29, 0.717) is 31.4 Å². The van der Waals surface area contributed by atoms with Gasteiger partial charge in [-0.05, 0) is 19.9 Å². The number of aromatic nitrogens is 4. The average Bonchev–Trinajstić information content (AvgIpc) is 2.80. The fourth-order valence-corrected chi connectivity index (χ4v) is 2.40. The molecule has 0 atom stereocenters. The Morgan fingerprint density at radius 1 is 1.50 bits per heavy atom. The van der Waals surface area contributed by atoms with Crippen LogP contribution >= 0.6 is 0 Å². The number of hydrogen-bond acceptors (Lipinski definition) is 5. The second kappa shape index (κ2) is 4.82. The molecule has 0 aliphatic carbocycles. The lowest BCUT2D eigenvalue weighted by molar-refractivity contribution is -0.145. The normalized spacial score (nSPS) is 18.4. The summed E-state index contributed by atoms with van der Waals surface area (Å²) in [4.78, 5) is 22.6. The first-order valence-electron chi connectivity index (χ1n) is 6.61. The van der Waals surface area contributed by atoms with Crippen LogP contribution in [0.15, 0.2) is 18.5 Å². The zero-order valence-corrected chi connectivity index (χ0v) is 11.6. The number of fused-ring (bicyclic) bond motifs is 1. The molecule has 0 N–H and O–H groups in total. The van der Waals surface area contributed by atoms with Gasteiger partial charge in [-0.2, -0.15) is 4.98 Å².